The van der Waals surface area contributed by atoms with E-state index in [0.717, 1.165) is 18.4 Å². The number of rotatable bonds is 7. The zero-order valence-electron chi connectivity index (χ0n) is 13.3. The summed E-state index contributed by atoms with van der Waals surface area (Å²) in [5.74, 6) is -0.674. The van der Waals surface area contributed by atoms with Crippen LogP contribution in [0.1, 0.15) is 32.3 Å². The van der Waals surface area contributed by atoms with Crippen molar-refractivity contribution in [3.8, 4) is 0 Å². The summed E-state index contributed by atoms with van der Waals surface area (Å²) in [4.78, 5) is 21.3. The molecule has 1 aromatic rings. The molecule has 22 heavy (non-hydrogen) atoms. The Morgan fingerprint density at radius 1 is 1.18 bits per heavy atom. The number of ether oxygens (including phenoxy) is 2. The van der Waals surface area contributed by atoms with E-state index in [4.69, 9.17) is 4.74 Å². The summed E-state index contributed by atoms with van der Waals surface area (Å²) in [6.45, 7) is 11.3. The van der Waals surface area contributed by atoms with Gasteiger partial charge >= 0.3 is 11.9 Å². The highest BCUT2D eigenvalue weighted by atomic mass is 16.5. The van der Waals surface area contributed by atoms with E-state index in [1.54, 1.807) is 6.92 Å². The lowest BCUT2D eigenvalue weighted by molar-refractivity contribution is -0.140. The Bertz CT molecular complexity index is 477. The molecule has 1 rings (SSSR count). The van der Waals surface area contributed by atoms with E-state index in [1.807, 2.05) is 37.3 Å². The van der Waals surface area contributed by atoms with Crippen molar-refractivity contribution in [2.75, 3.05) is 6.61 Å². The van der Waals surface area contributed by atoms with Gasteiger partial charge in [-0.15, -0.1) is 0 Å². The first-order valence-electron chi connectivity index (χ1n) is 7.17. The molecular weight excluding hydrogens is 280 g/mol. The Morgan fingerprint density at radius 3 is 2.32 bits per heavy atom. The number of hydrogen-bond donors (Lipinski definition) is 0. The summed E-state index contributed by atoms with van der Waals surface area (Å²) in [6.07, 6.45) is 3.15. The van der Waals surface area contributed by atoms with E-state index in [0.29, 0.717) is 18.8 Å². The molecule has 0 saturated heterocycles. The van der Waals surface area contributed by atoms with Crippen molar-refractivity contribution in [3.63, 3.8) is 0 Å². The van der Waals surface area contributed by atoms with Crippen LogP contribution in [-0.4, -0.2) is 18.5 Å². The topological polar surface area (TPSA) is 52.6 Å². The number of benzene rings is 1. The minimum Gasteiger partial charge on any atom is -0.463 e. The van der Waals surface area contributed by atoms with Crippen LogP contribution in [0.2, 0.25) is 0 Å². The highest BCUT2D eigenvalue weighted by molar-refractivity contribution is 5.86. The molecule has 0 spiro atoms. The molecule has 120 valence electrons. The van der Waals surface area contributed by atoms with Crippen LogP contribution in [0.15, 0.2) is 55.1 Å². The van der Waals surface area contributed by atoms with Gasteiger partial charge in [0, 0.05) is 11.6 Å². The SMILES string of the molecule is C=C(C)C(=O)OCc1ccccc1.C=CC(=O)OCCCC. The van der Waals surface area contributed by atoms with Gasteiger partial charge in [0.25, 0.3) is 0 Å². The lowest BCUT2D eigenvalue weighted by Crippen LogP contribution is -2.04. The van der Waals surface area contributed by atoms with Gasteiger partial charge < -0.3 is 9.47 Å². The van der Waals surface area contributed by atoms with Crippen molar-refractivity contribution >= 4 is 11.9 Å². The number of esters is 2. The normalized spacial score (nSPS) is 9.00. The van der Waals surface area contributed by atoms with Crippen molar-refractivity contribution in [1.29, 1.82) is 0 Å². The standard InChI is InChI=1S/C11H12O2.C7H12O2/c1-9(2)11(12)13-8-10-6-4-3-5-7-10;1-3-5-6-9-7(8)4-2/h3-7H,1,8H2,2H3;4H,2-3,5-6H2,1H3. The van der Waals surface area contributed by atoms with Crippen LogP contribution in [0.25, 0.3) is 0 Å². The molecular formula is C18H24O4. The second-order valence-corrected chi connectivity index (χ2v) is 4.57. The molecule has 0 saturated carbocycles. The first-order chi connectivity index (χ1) is 10.5. The molecule has 0 heterocycles. The van der Waals surface area contributed by atoms with Gasteiger partial charge in [0.15, 0.2) is 0 Å². The van der Waals surface area contributed by atoms with Crippen molar-refractivity contribution in [2.45, 2.75) is 33.3 Å². The third kappa shape index (κ3) is 10.4. The third-order valence-corrected chi connectivity index (χ3v) is 2.47. The van der Waals surface area contributed by atoms with E-state index in [-0.39, 0.29) is 11.9 Å². The first-order valence-corrected chi connectivity index (χ1v) is 7.17. The van der Waals surface area contributed by atoms with Crippen LogP contribution >= 0.6 is 0 Å². The third-order valence-electron chi connectivity index (χ3n) is 2.47. The fraction of sp³-hybridized carbons (Fsp3) is 0.333. The lowest BCUT2D eigenvalue weighted by Gasteiger charge is -2.03. The average Bonchev–Trinajstić information content (AvgIpc) is 2.54. The first kappa shape index (κ1) is 19.6. The molecule has 1 aromatic carbocycles. The Balaban J connectivity index is 0.000000433. The monoisotopic (exact) mass is 304 g/mol. The molecule has 0 unspecified atom stereocenters. The molecule has 0 fully saturated rings. The van der Waals surface area contributed by atoms with Gasteiger partial charge in [-0.05, 0) is 18.9 Å². The smallest absolute Gasteiger partial charge is 0.333 e. The quantitative estimate of drug-likeness (QED) is 0.436. The van der Waals surface area contributed by atoms with Gasteiger partial charge in [-0.1, -0.05) is 56.8 Å². The maximum absolute atomic E-state index is 11.0. The molecule has 0 aliphatic rings. The Labute approximate surface area is 132 Å². The van der Waals surface area contributed by atoms with Crippen molar-refractivity contribution in [1.82, 2.24) is 0 Å². The van der Waals surface area contributed by atoms with E-state index in [9.17, 15) is 9.59 Å². The molecule has 0 aliphatic heterocycles. The highest BCUT2D eigenvalue weighted by Gasteiger charge is 2.02. The van der Waals surface area contributed by atoms with Crippen LogP contribution in [0.5, 0.6) is 0 Å². The molecule has 4 heteroatoms. The van der Waals surface area contributed by atoms with Gasteiger partial charge in [0.1, 0.15) is 6.61 Å². The zero-order valence-corrected chi connectivity index (χ0v) is 13.3. The van der Waals surface area contributed by atoms with E-state index >= 15 is 0 Å². The fourth-order valence-electron chi connectivity index (χ4n) is 1.22. The van der Waals surface area contributed by atoms with Crippen molar-refractivity contribution < 1.29 is 19.1 Å². The number of carbonyl (C=O) groups is 2. The van der Waals surface area contributed by atoms with Crippen LogP contribution in [-0.2, 0) is 25.7 Å². The van der Waals surface area contributed by atoms with Crippen LogP contribution < -0.4 is 0 Å². The van der Waals surface area contributed by atoms with Crippen molar-refractivity contribution in [3.05, 3.63) is 60.7 Å². The van der Waals surface area contributed by atoms with Crippen LogP contribution in [0.4, 0.5) is 0 Å². The summed E-state index contributed by atoms with van der Waals surface area (Å²) < 4.78 is 9.63. The lowest BCUT2D eigenvalue weighted by atomic mass is 10.2. The van der Waals surface area contributed by atoms with E-state index in [1.165, 1.54) is 6.08 Å². The summed E-state index contributed by atoms with van der Waals surface area (Å²) in [7, 11) is 0. The van der Waals surface area contributed by atoms with Gasteiger partial charge in [0.2, 0.25) is 0 Å². The minimum absolute atomic E-state index is 0.312. The zero-order chi connectivity index (χ0) is 16.8. The molecule has 4 nitrogen and oxygen atoms in total. The average molecular weight is 304 g/mol. The van der Waals surface area contributed by atoms with Gasteiger partial charge in [-0.2, -0.15) is 0 Å². The largest absolute Gasteiger partial charge is 0.463 e. The maximum Gasteiger partial charge on any atom is 0.333 e. The Hall–Kier alpha value is -2.36. The van der Waals surface area contributed by atoms with Crippen molar-refractivity contribution in [2.24, 2.45) is 0 Å². The highest BCUT2D eigenvalue weighted by Crippen LogP contribution is 2.02. The maximum atomic E-state index is 11.0. The summed E-state index contributed by atoms with van der Waals surface area (Å²) in [5.41, 5.74) is 1.41. The Morgan fingerprint density at radius 2 is 1.82 bits per heavy atom. The van der Waals surface area contributed by atoms with E-state index in [2.05, 4.69) is 17.9 Å². The number of hydrogen-bond acceptors (Lipinski definition) is 4. The molecule has 0 N–H and O–H groups in total. The Kier molecular flexibility index (Phi) is 11.1. The summed E-state index contributed by atoms with van der Waals surface area (Å²) >= 11 is 0. The summed E-state index contributed by atoms with van der Waals surface area (Å²) in [5, 5.41) is 0. The molecule has 0 radical (unpaired) electrons. The molecule has 0 aromatic heterocycles. The molecule has 0 amide bonds. The predicted molar refractivity (Wildman–Crippen MR) is 87.1 cm³/mol. The second-order valence-electron chi connectivity index (χ2n) is 4.57. The predicted octanol–water partition coefficient (Wildman–Crippen LogP) is 3.82. The van der Waals surface area contributed by atoms with Crippen LogP contribution in [0, 0.1) is 0 Å². The summed E-state index contributed by atoms with van der Waals surface area (Å²) in [6, 6.07) is 9.55. The molecule has 0 bridgehead atoms. The van der Waals surface area contributed by atoms with Gasteiger partial charge in [0.05, 0.1) is 6.61 Å². The number of unbranched alkanes of at least 4 members (excludes halogenated alkanes) is 1. The molecule has 0 aliphatic carbocycles. The van der Waals surface area contributed by atoms with Crippen LogP contribution in [0.3, 0.4) is 0 Å². The van der Waals surface area contributed by atoms with Gasteiger partial charge in [-0.25, -0.2) is 9.59 Å². The second kappa shape index (κ2) is 12.4. The van der Waals surface area contributed by atoms with Gasteiger partial charge in [-0.3, -0.25) is 0 Å². The molecule has 0 atom stereocenters. The number of carbonyl (C=O) groups excluding carboxylic acids is 2. The van der Waals surface area contributed by atoms with E-state index < -0.39 is 0 Å². The minimum atomic E-state index is -0.344. The fourth-order valence-corrected chi connectivity index (χ4v) is 1.22.